The number of benzene rings is 3. The number of aliphatic carboxylic acids is 1. The minimum atomic E-state index is -1.11. The van der Waals surface area contributed by atoms with Gasteiger partial charge in [0.15, 0.2) is 0 Å². The second kappa shape index (κ2) is 9.99. The normalized spacial score (nSPS) is 15.1. The van der Waals surface area contributed by atoms with Gasteiger partial charge in [0.05, 0.1) is 23.7 Å². The fraction of sp³-hybridized carbons (Fsp3) is 0.143. The maximum Gasteiger partial charge on any atom is 0.303 e. The lowest BCUT2D eigenvalue weighted by Gasteiger charge is -2.21. The third-order valence-corrected chi connectivity index (χ3v) is 6.54. The molecule has 0 aliphatic carbocycles. The van der Waals surface area contributed by atoms with E-state index < -0.39 is 23.7 Å². The zero-order chi connectivity index (χ0) is 26.1. The number of carboxylic acids is 1. The SMILES string of the molecule is O=C(O)CCC(=O)N1N=C(c2c(-c3ccccc3)c3cc(Cl)ccc3[nH]c2=O)CC1c1ccc(F)cc1. The van der Waals surface area contributed by atoms with Crippen LogP contribution in [0.1, 0.15) is 36.4 Å². The molecule has 0 bridgehead atoms. The highest BCUT2D eigenvalue weighted by Crippen LogP contribution is 2.37. The van der Waals surface area contributed by atoms with Crippen molar-refractivity contribution >= 4 is 40.1 Å². The summed E-state index contributed by atoms with van der Waals surface area (Å²) in [5.41, 5.74) is 2.88. The van der Waals surface area contributed by atoms with E-state index in [0.717, 1.165) is 5.56 Å². The number of hydrogen-bond donors (Lipinski definition) is 2. The number of aromatic nitrogens is 1. The second-order valence-electron chi connectivity index (χ2n) is 8.71. The number of H-pyrrole nitrogens is 1. The Hall–Kier alpha value is -4.30. The van der Waals surface area contributed by atoms with Crippen molar-refractivity contribution in [2.75, 3.05) is 0 Å². The molecule has 0 radical (unpaired) electrons. The molecule has 37 heavy (non-hydrogen) atoms. The smallest absolute Gasteiger partial charge is 0.303 e. The molecule has 0 saturated heterocycles. The van der Waals surface area contributed by atoms with Crippen LogP contribution in [0, 0.1) is 5.82 Å². The van der Waals surface area contributed by atoms with Crippen LogP contribution in [-0.4, -0.2) is 32.7 Å². The average molecular weight is 518 g/mol. The highest BCUT2D eigenvalue weighted by molar-refractivity contribution is 6.31. The van der Waals surface area contributed by atoms with E-state index in [9.17, 15) is 18.8 Å². The number of aromatic amines is 1. The summed E-state index contributed by atoms with van der Waals surface area (Å²) in [4.78, 5) is 40.5. The topological polar surface area (TPSA) is 103 Å². The summed E-state index contributed by atoms with van der Waals surface area (Å²) in [7, 11) is 0. The highest BCUT2D eigenvalue weighted by Gasteiger charge is 2.35. The molecule has 1 unspecified atom stereocenters. The first-order valence-corrected chi connectivity index (χ1v) is 12.0. The summed E-state index contributed by atoms with van der Waals surface area (Å²) in [6.07, 6.45) is -0.445. The van der Waals surface area contributed by atoms with Crippen LogP contribution < -0.4 is 5.56 Å². The molecule has 7 nitrogen and oxygen atoms in total. The predicted molar refractivity (Wildman–Crippen MR) is 139 cm³/mol. The maximum absolute atomic E-state index is 13.6. The molecule has 1 aliphatic heterocycles. The zero-order valence-electron chi connectivity index (χ0n) is 19.4. The number of fused-ring (bicyclic) bond motifs is 1. The molecule has 3 aromatic carbocycles. The number of carbonyl (C=O) groups is 2. The predicted octanol–water partition coefficient (Wildman–Crippen LogP) is 5.53. The minimum Gasteiger partial charge on any atom is -0.481 e. The first kappa shape index (κ1) is 24.4. The average Bonchev–Trinajstić information content (AvgIpc) is 3.32. The first-order chi connectivity index (χ1) is 17.8. The van der Waals surface area contributed by atoms with E-state index in [-0.39, 0.29) is 24.8 Å². The summed E-state index contributed by atoms with van der Waals surface area (Å²) in [6.45, 7) is 0. The van der Waals surface area contributed by atoms with E-state index in [0.29, 0.717) is 38.3 Å². The highest BCUT2D eigenvalue weighted by atomic mass is 35.5. The van der Waals surface area contributed by atoms with Gasteiger partial charge in [0.2, 0.25) is 5.91 Å². The van der Waals surface area contributed by atoms with Gasteiger partial charge in [-0.15, -0.1) is 0 Å². The number of rotatable bonds is 6. The fourth-order valence-corrected chi connectivity index (χ4v) is 4.78. The van der Waals surface area contributed by atoms with E-state index in [1.807, 2.05) is 30.3 Å². The molecular formula is C28H21ClFN3O4. The zero-order valence-corrected chi connectivity index (χ0v) is 20.2. The third kappa shape index (κ3) is 4.88. The molecule has 1 aromatic heterocycles. The molecule has 0 saturated carbocycles. The van der Waals surface area contributed by atoms with Crippen molar-refractivity contribution in [3.05, 3.63) is 105 Å². The summed E-state index contributed by atoms with van der Waals surface area (Å²) in [5.74, 6) is -2.04. The van der Waals surface area contributed by atoms with Crippen LogP contribution in [0.2, 0.25) is 5.02 Å². The Morgan fingerprint density at radius 2 is 1.76 bits per heavy atom. The van der Waals surface area contributed by atoms with Crippen molar-refractivity contribution in [3.63, 3.8) is 0 Å². The third-order valence-electron chi connectivity index (χ3n) is 6.30. The van der Waals surface area contributed by atoms with Gasteiger partial charge in [-0.3, -0.25) is 14.4 Å². The van der Waals surface area contributed by atoms with Gasteiger partial charge in [0, 0.05) is 34.3 Å². The van der Waals surface area contributed by atoms with Crippen molar-refractivity contribution in [3.8, 4) is 11.1 Å². The Kier molecular flexibility index (Phi) is 6.58. The molecule has 1 atom stereocenters. The molecule has 2 heterocycles. The lowest BCUT2D eigenvalue weighted by atomic mass is 9.91. The number of hydrazone groups is 1. The first-order valence-electron chi connectivity index (χ1n) is 11.6. The van der Waals surface area contributed by atoms with Gasteiger partial charge >= 0.3 is 5.97 Å². The number of carbonyl (C=O) groups excluding carboxylic acids is 1. The van der Waals surface area contributed by atoms with Crippen molar-refractivity contribution in [1.82, 2.24) is 9.99 Å². The van der Waals surface area contributed by atoms with E-state index in [1.54, 1.807) is 30.3 Å². The molecule has 0 fully saturated rings. The Labute approximate surface area is 215 Å². The molecule has 2 N–H and O–H groups in total. The lowest BCUT2D eigenvalue weighted by molar-refractivity contribution is -0.141. The Bertz CT molecular complexity index is 1600. The Morgan fingerprint density at radius 3 is 2.46 bits per heavy atom. The molecule has 9 heteroatoms. The van der Waals surface area contributed by atoms with Gasteiger partial charge in [-0.1, -0.05) is 54.1 Å². The summed E-state index contributed by atoms with van der Waals surface area (Å²) in [5, 5.41) is 16.0. The minimum absolute atomic E-state index is 0.180. The number of amides is 1. The van der Waals surface area contributed by atoms with Crippen LogP contribution in [0.25, 0.3) is 22.0 Å². The van der Waals surface area contributed by atoms with Crippen LogP contribution in [-0.2, 0) is 9.59 Å². The standard InChI is InChI=1S/C28H21ClFN3O4/c29-18-8-11-21-20(14-18)26(17-4-2-1-3-5-17)27(28(37)31-21)22-15-23(16-6-9-19(30)10-7-16)33(32-22)24(34)12-13-25(35)36/h1-11,14,23H,12-13,15H2,(H,31,37)(H,35,36). The Balaban J connectivity index is 1.69. The molecule has 1 aliphatic rings. The summed E-state index contributed by atoms with van der Waals surface area (Å²) >= 11 is 6.32. The van der Waals surface area contributed by atoms with Gasteiger partial charge < -0.3 is 10.1 Å². The van der Waals surface area contributed by atoms with Gasteiger partial charge in [0.25, 0.3) is 5.56 Å². The van der Waals surface area contributed by atoms with Crippen molar-refractivity contribution in [2.24, 2.45) is 5.10 Å². The molecule has 1 amide bonds. The number of pyridine rings is 1. The number of nitrogens with zero attached hydrogens (tertiary/aromatic N) is 2. The van der Waals surface area contributed by atoms with Crippen LogP contribution >= 0.6 is 11.6 Å². The van der Waals surface area contributed by atoms with E-state index in [1.165, 1.54) is 17.1 Å². The molecule has 186 valence electrons. The number of hydrogen-bond acceptors (Lipinski definition) is 4. The second-order valence-corrected chi connectivity index (χ2v) is 9.15. The molecule has 4 aromatic rings. The number of carboxylic acid groups (broad SMARTS) is 1. The largest absolute Gasteiger partial charge is 0.481 e. The summed E-state index contributed by atoms with van der Waals surface area (Å²) in [6, 6.07) is 19.6. The lowest BCUT2D eigenvalue weighted by Crippen LogP contribution is -2.27. The fourth-order valence-electron chi connectivity index (χ4n) is 4.61. The van der Waals surface area contributed by atoms with Crippen molar-refractivity contribution < 1.29 is 19.1 Å². The van der Waals surface area contributed by atoms with Gasteiger partial charge in [-0.25, -0.2) is 9.40 Å². The van der Waals surface area contributed by atoms with Crippen molar-refractivity contribution in [2.45, 2.75) is 25.3 Å². The molecule has 0 spiro atoms. The van der Waals surface area contributed by atoms with E-state index in [4.69, 9.17) is 16.7 Å². The van der Waals surface area contributed by atoms with Gasteiger partial charge in [-0.2, -0.15) is 5.10 Å². The van der Waals surface area contributed by atoms with Crippen molar-refractivity contribution in [1.29, 1.82) is 0 Å². The van der Waals surface area contributed by atoms with Crippen LogP contribution in [0.3, 0.4) is 0 Å². The maximum atomic E-state index is 13.6. The monoisotopic (exact) mass is 517 g/mol. The number of nitrogens with one attached hydrogen (secondary N) is 1. The van der Waals surface area contributed by atoms with E-state index >= 15 is 0 Å². The van der Waals surface area contributed by atoms with Crippen LogP contribution in [0.5, 0.6) is 0 Å². The Morgan fingerprint density at radius 1 is 1.03 bits per heavy atom. The van der Waals surface area contributed by atoms with Gasteiger partial charge in [0.1, 0.15) is 5.82 Å². The molecular weight excluding hydrogens is 497 g/mol. The van der Waals surface area contributed by atoms with Crippen LogP contribution in [0.15, 0.2) is 82.7 Å². The number of halogens is 2. The van der Waals surface area contributed by atoms with Crippen LogP contribution in [0.4, 0.5) is 4.39 Å². The van der Waals surface area contributed by atoms with Gasteiger partial charge in [-0.05, 0) is 41.5 Å². The molecule has 5 rings (SSSR count). The quantitative estimate of drug-likeness (QED) is 0.351. The van der Waals surface area contributed by atoms with E-state index in [2.05, 4.69) is 10.1 Å². The summed E-state index contributed by atoms with van der Waals surface area (Å²) < 4.78 is 13.6.